The number of carbonyl (C=O) groups excluding carboxylic acids is 1. The highest BCUT2D eigenvalue weighted by Crippen LogP contribution is 2.16. The molecule has 0 spiro atoms. The van der Waals surface area contributed by atoms with Gasteiger partial charge in [-0.05, 0) is 18.4 Å². The Morgan fingerprint density at radius 2 is 1.65 bits per heavy atom. The van der Waals surface area contributed by atoms with Gasteiger partial charge in [0, 0.05) is 45.7 Å². The predicted molar refractivity (Wildman–Crippen MR) is 78.9 cm³/mol. The van der Waals surface area contributed by atoms with E-state index >= 15 is 0 Å². The molecule has 2 saturated heterocycles. The summed E-state index contributed by atoms with van der Waals surface area (Å²) in [5.41, 5.74) is 1.37. The minimum absolute atomic E-state index is 0.313. The molecule has 0 bridgehead atoms. The zero-order valence-corrected chi connectivity index (χ0v) is 12.0. The van der Waals surface area contributed by atoms with Crippen LogP contribution in [-0.2, 0) is 11.3 Å². The molecule has 108 valence electrons. The number of piperidine rings is 1. The summed E-state index contributed by atoms with van der Waals surface area (Å²) in [6, 6.07) is 10.6. The average molecular weight is 273 g/mol. The van der Waals surface area contributed by atoms with E-state index < -0.39 is 0 Å². The summed E-state index contributed by atoms with van der Waals surface area (Å²) in [6.45, 7) is 5.95. The van der Waals surface area contributed by atoms with Crippen molar-refractivity contribution < 1.29 is 4.79 Å². The van der Waals surface area contributed by atoms with E-state index in [0.717, 1.165) is 58.5 Å². The van der Waals surface area contributed by atoms with Gasteiger partial charge in [0.1, 0.15) is 0 Å². The first kappa shape index (κ1) is 13.6. The Labute approximate surface area is 120 Å². The lowest BCUT2D eigenvalue weighted by molar-refractivity contribution is -0.156. The molecule has 4 nitrogen and oxygen atoms in total. The lowest BCUT2D eigenvalue weighted by Crippen LogP contribution is -2.56. The highest BCUT2D eigenvalue weighted by molar-refractivity contribution is 5.76. The molecule has 20 heavy (non-hydrogen) atoms. The number of rotatable bonds is 3. The quantitative estimate of drug-likeness (QED) is 0.839. The Kier molecular flexibility index (Phi) is 4.33. The van der Waals surface area contributed by atoms with Gasteiger partial charge in [0.25, 0.3) is 0 Å². The van der Waals surface area contributed by atoms with E-state index in [1.54, 1.807) is 0 Å². The molecule has 2 heterocycles. The van der Waals surface area contributed by atoms with Gasteiger partial charge in [-0.2, -0.15) is 0 Å². The van der Waals surface area contributed by atoms with Crippen LogP contribution in [0.4, 0.5) is 0 Å². The molecule has 2 fully saturated rings. The van der Waals surface area contributed by atoms with Crippen LogP contribution in [0.2, 0.25) is 0 Å². The maximum absolute atomic E-state index is 11.9. The second-order valence-electron chi connectivity index (χ2n) is 5.69. The minimum Gasteiger partial charge on any atom is -0.296 e. The fourth-order valence-electron chi connectivity index (χ4n) is 3.07. The SMILES string of the molecule is O=C1CCCCN1N1CCN(Cc2ccccc2)CC1. The number of hydrogen-bond acceptors (Lipinski definition) is 3. The van der Waals surface area contributed by atoms with Gasteiger partial charge >= 0.3 is 0 Å². The van der Waals surface area contributed by atoms with Crippen molar-refractivity contribution >= 4 is 5.91 Å². The molecule has 4 heteroatoms. The molecular formula is C16H23N3O. The molecule has 0 aliphatic carbocycles. The summed E-state index contributed by atoms with van der Waals surface area (Å²) >= 11 is 0. The Morgan fingerprint density at radius 3 is 2.35 bits per heavy atom. The number of hydrogen-bond donors (Lipinski definition) is 0. The van der Waals surface area contributed by atoms with Gasteiger partial charge in [0.05, 0.1) is 0 Å². The molecule has 0 unspecified atom stereocenters. The summed E-state index contributed by atoms with van der Waals surface area (Å²) in [7, 11) is 0. The fourth-order valence-corrected chi connectivity index (χ4v) is 3.07. The molecular weight excluding hydrogens is 250 g/mol. The highest BCUT2D eigenvalue weighted by atomic mass is 16.2. The molecule has 2 aliphatic rings. The minimum atomic E-state index is 0.313. The predicted octanol–water partition coefficient (Wildman–Crippen LogP) is 1.73. The number of amides is 1. The largest absolute Gasteiger partial charge is 0.296 e. The fraction of sp³-hybridized carbons (Fsp3) is 0.562. The van der Waals surface area contributed by atoms with Crippen LogP contribution in [0.1, 0.15) is 24.8 Å². The average Bonchev–Trinajstić information content (AvgIpc) is 2.50. The Balaban J connectivity index is 1.50. The van der Waals surface area contributed by atoms with E-state index in [4.69, 9.17) is 0 Å². The standard InChI is InChI=1S/C16H23N3O/c20-16-8-4-5-9-19(16)18-12-10-17(11-13-18)14-15-6-2-1-3-7-15/h1-3,6-7H,4-5,8-14H2. The topological polar surface area (TPSA) is 26.8 Å². The molecule has 0 radical (unpaired) electrons. The van der Waals surface area contributed by atoms with E-state index in [2.05, 4.69) is 40.2 Å². The normalized spacial score (nSPS) is 22.2. The molecule has 3 rings (SSSR count). The lowest BCUT2D eigenvalue weighted by Gasteiger charge is -2.42. The van der Waals surface area contributed by atoms with Crippen LogP contribution in [0.5, 0.6) is 0 Å². The summed E-state index contributed by atoms with van der Waals surface area (Å²) in [5, 5.41) is 4.24. The Morgan fingerprint density at radius 1 is 0.900 bits per heavy atom. The van der Waals surface area contributed by atoms with Gasteiger partial charge < -0.3 is 0 Å². The Hall–Kier alpha value is -1.39. The first-order chi connectivity index (χ1) is 9.83. The van der Waals surface area contributed by atoms with Crippen LogP contribution >= 0.6 is 0 Å². The van der Waals surface area contributed by atoms with Gasteiger partial charge in [0.2, 0.25) is 5.91 Å². The Bertz CT molecular complexity index is 440. The van der Waals surface area contributed by atoms with E-state index in [9.17, 15) is 4.79 Å². The zero-order valence-electron chi connectivity index (χ0n) is 12.0. The molecule has 2 aliphatic heterocycles. The van der Waals surface area contributed by atoms with Crippen molar-refractivity contribution in [3.63, 3.8) is 0 Å². The van der Waals surface area contributed by atoms with Gasteiger partial charge in [-0.1, -0.05) is 30.3 Å². The third-order valence-electron chi connectivity index (χ3n) is 4.24. The van der Waals surface area contributed by atoms with E-state index in [1.165, 1.54) is 5.56 Å². The van der Waals surface area contributed by atoms with Crippen molar-refractivity contribution in [2.24, 2.45) is 0 Å². The van der Waals surface area contributed by atoms with E-state index in [-0.39, 0.29) is 0 Å². The van der Waals surface area contributed by atoms with Crippen molar-refractivity contribution in [1.29, 1.82) is 0 Å². The molecule has 0 N–H and O–H groups in total. The molecule has 1 aromatic carbocycles. The van der Waals surface area contributed by atoms with E-state index in [0.29, 0.717) is 5.91 Å². The molecule has 0 aromatic heterocycles. The van der Waals surface area contributed by atoms with Crippen molar-refractivity contribution in [2.75, 3.05) is 32.7 Å². The monoisotopic (exact) mass is 273 g/mol. The van der Waals surface area contributed by atoms with Crippen LogP contribution in [0, 0.1) is 0 Å². The van der Waals surface area contributed by atoms with Crippen molar-refractivity contribution in [1.82, 2.24) is 14.9 Å². The van der Waals surface area contributed by atoms with Gasteiger partial charge in [-0.3, -0.25) is 14.7 Å². The van der Waals surface area contributed by atoms with E-state index in [1.807, 2.05) is 5.01 Å². The zero-order chi connectivity index (χ0) is 13.8. The number of piperazine rings is 1. The first-order valence-electron chi connectivity index (χ1n) is 7.64. The van der Waals surface area contributed by atoms with Crippen molar-refractivity contribution in [3.05, 3.63) is 35.9 Å². The van der Waals surface area contributed by atoms with Gasteiger partial charge in [-0.25, -0.2) is 5.01 Å². The number of hydrazine groups is 1. The lowest BCUT2D eigenvalue weighted by atomic mass is 10.1. The van der Waals surface area contributed by atoms with Crippen LogP contribution in [0.15, 0.2) is 30.3 Å². The second kappa shape index (κ2) is 6.37. The number of benzene rings is 1. The maximum atomic E-state index is 11.9. The number of nitrogens with zero attached hydrogens (tertiary/aromatic N) is 3. The highest BCUT2D eigenvalue weighted by Gasteiger charge is 2.27. The third-order valence-corrected chi connectivity index (χ3v) is 4.24. The van der Waals surface area contributed by atoms with Crippen LogP contribution in [0.3, 0.4) is 0 Å². The summed E-state index contributed by atoms with van der Waals surface area (Å²) in [6.07, 6.45) is 2.93. The smallest absolute Gasteiger partial charge is 0.236 e. The van der Waals surface area contributed by atoms with Gasteiger partial charge in [0.15, 0.2) is 0 Å². The molecule has 1 amide bonds. The summed E-state index contributed by atoms with van der Waals surface area (Å²) in [4.78, 5) is 14.4. The third kappa shape index (κ3) is 3.19. The summed E-state index contributed by atoms with van der Waals surface area (Å²) < 4.78 is 0. The molecule has 0 saturated carbocycles. The molecule has 1 aromatic rings. The summed E-state index contributed by atoms with van der Waals surface area (Å²) in [5.74, 6) is 0.313. The maximum Gasteiger partial charge on any atom is 0.236 e. The van der Waals surface area contributed by atoms with Crippen LogP contribution in [0.25, 0.3) is 0 Å². The van der Waals surface area contributed by atoms with Crippen molar-refractivity contribution in [3.8, 4) is 0 Å². The van der Waals surface area contributed by atoms with Crippen molar-refractivity contribution in [2.45, 2.75) is 25.8 Å². The second-order valence-corrected chi connectivity index (χ2v) is 5.69. The number of carbonyl (C=O) groups is 1. The van der Waals surface area contributed by atoms with Crippen LogP contribution < -0.4 is 0 Å². The van der Waals surface area contributed by atoms with Gasteiger partial charge in [-0.15, -0.1) is 0 Å². The molecule has 0 atom stereocenters. The first-order valence-corrected chi connectivity index (χ1v) is 7.64. The van der Waals surface area contributed by atoms with Crippen LogP contribution in [-0.4, -0.2) is 53.5 Å².